The highest BCUT2D eigenvalue weighted by Crippen LogP contribution is 2.18. The molecule has 1 heterocycles. The average Bonchev–Trinajstić information content (AvgIpc) is 2.98. The molecule has 0 unspecified atom stereocenters. The Bertz CT molecular complexity index is 1090. The molecule has 0 saturated carbocycles. The Hall–Kier alpha value is -2.46. The van der Waals surface area contributed by atoms with Crippen molar-refractivity contribution in [3.05, 3.63) is 59.1 Å². The van der Waals surface area contributed by atoms with Crippen molar-refractivity contribution < 1.29 is 18.0 Å². The topological polar surface area (TPSA) is 90.0 Å². The molecule has 0 radical (unpaired) electrons. The van der Waals surface area contributed by atoms with Gasteiger partial charge in [-0.05, 0) is 42.8 Å². The van der Waals surface area contributed by atoms with Gasteiger partial charge >= 0.3 is 0 Å². The number of amides is 2. The quantitative estimate of drug-likeness (QED) is 0.688. The van der Waals surface area contributed by atoms with Gasteiger partial charge in [-0.3, -0.25) is 14.5 Å². The largest absolute Gasteiger partial charge is 0.337 e. The highest BCUT2D eigenvalue weighted by molar-refractivity contribution is 7.89. The molecule has 0 atom stereocenters. The van der Waals surface area contributed by atoms with Crippen molar-refractivity contribution in [2.45, 2.75) is 11.3 Å². The van der Waals surface area contributed by atoms with Crippen molar-refractivity contribution >= 4 is 39.1 Å². The van der Waals surface area contributed by atoms with Crippen LogP contribution in [0.5, 0.6) is 0 Å². The first kappa shape index (κ1) is 24.2. The number of anilines is 1. The maximum Gasteiger partial charge on any atom is 0.253 e. The molecule has 2 aromatic carbocycles. The van der Waals surface area contributed by atoms with Gasteiger partial charge in [0.2, 0.25) is 15.9 Å². The fourth-order valence-electron chi connectivity index (χ4n) is 3.48. The Morgan fingerprint density at radius 2 is 1.78 bits per heavy atom. The Kier molecular flexibility index (Phi) is 7.89. The molecular formula is C22H27ClN4O4S. The van der Waals surface area contributed by atoms with Gasteiger partial charge in [-0.2, -0.15) is 0 Å². The molecule has 0 aromatic heterocycles. The van der Waals surface area contributed by atoms with Gasteiger partial charge in [0.15, 0.2) is 0 Å². The zero-order valence-corrected chi connectivity index (χ0v) is 19.7. The van der Waals surface area contributed by atoms with Gasteiger partial charge in [-0.1, -0.05) is 23.7 Å². The average molecular weight is 479 g/mol. The molecule has 0 aliphatic carbocycles. The summed E-state index contributed by atoms with van der Waals surface area (Å²) in [6.07, 6.45) is 0.746. The molecule has 0 bridgehead atoms. The van der Waals surface area contributed by atoms with E-state index in [9.17, 15) is 18.0 Å². The van der Waals surface area contributed by atoms with Crippen molar-refractivity contribution in [1.82, 2.24) is 14.1 Å². The van der Waals surface area contributed by atoms with Gasteiger partial charge in [-0.25, -0.2) is 12.7 Å². The molecule has 32 heavy (non-hydrogen) atoms. The summed E-state index contributed by atoms with van der Waals surface area (Å²) in [6.45, 7) is 2.52. The summed E-state index contributed by atoms with van der Waals surface area (Å²) >= 11 is 6.00. The molecule has 1 aliphatic rings. The molecule has 0 spiro atoms. The lowest BCUT2D eigenvalue weighted by Crippen LogP contribution is -2.38. The van der Waals surface area contributed by atoms with Crippen LogP contribution in [0.1, 0.15) is 16.8 Å². The van der Waals surface area contributed by atoms with Gasteiger partial charge in [0.1, 0.15) is 0 Å². The summed E-state index contributed by atoms with van der Waals surface area (Å²) in [4.78, 5) is 29.2. The van der Waals surface area contributed by atoms with Crippen molar-refractivity contribution in [1.29, 1.82) is 0 Å². The van der Waals surface area contributed by atoms with Crippen LogP contribution in [-0.4, -0.2) is 81.2 Å². The number of carbonyl (C=O) groups is 2. The van der Waals surface area contributed by atoms with Gasteiger partial charge < -0.3 is 10.2 Å². The third-order valence-corrected chi connectivity index (χ3v) is 7.26. The van der Waals surface area contributed by atoms with E-state index in [1.165, 1.54) is 26.2 Å². The summed E-state index contributed by atoms with van der Waals surface area (Å²) in [5.41, 5.74) is 0.974. The van der Waals surface area contributed by atoms with E-state index in [1.54, 1.807) is 41.3 Å². The normalized spacial score (nSPS) is 15.4. The molecule has 1 N–H and O–H groups in total. The smallest absolute Gasteiger partial charge is 0.253 e. The summed E-state index contributed by atoms with van der Waals surface area (Å²) in [5, 5.41) is 3.29. The van der Waals surface area contributed by atoms with E-state index in [0.29, 0.717) is 42.5 Å². The van der Waals surface area contributed by atoms with E-state index in [2.05, 4.69) is 5.32 Å². The predicted molar refractivity (Wildman–Crippen MR) is 124 cm³/mol. The Morgan fingerprint density at radius 1 is 1.03 bits per heavy atom. The molecule has 2 aromatic rings. The first-order chi connectivity index (χ1) is 15.2. The predicted octanol–water partition coefficient (Wildman–Crippen LogP) is 2.38. The Morgan fingerprint density at radius 3 is 2.50 bits per heavy atom. The minimum Gasteiger partial charge on any atom is -0.337 e. The molecule has 172 valence electrons. The Labute approximate surface area is 193 Å². The summed E-state index contributed by atoms with van der Waals surface area (Å²) in [7, 11) is -0.664. The van der Waals surface area contributed by atoms with E-state index in [1.807, 2.05) is 4.90 Å². The van der Waals surface area contributed by atoms with Crippen LogP contribution < -0.4 is 5.32 Å². The van der Waals surface area contributed by atoms with Crippen LogP contribution in [0.2, 0.25) is 5.02 Å². The lowest BCUT2D eigenvalue weighted by molar-refractivity contribution is -0.117. The number of nitrogens with zero attached hydrogens (tertiary/aromatic N) is 3. The van der Waals surface area contributed by atoms with Crippen molar-refractivity contribution in [3.63, 3.8) is 0 Å². The van der Waals surface area contributed by atoms with Crippen molar-refractivity contribution in [2.24, 2.45) is 0 Å². The number of rotatable bonds is 6. The number of halogens is 1. The minimum atomic E-state index is -3.58. The minimum absolute atomic E-state index is 0.0716. The third kappa shape index (κ3) is 6.07. The lowest BCUT2D eigenvalue weighted by Gasteiger charge is -2.22. The lowest BCUT2D eigenvalue weighted by atomic mass is 10.2. The van der Waals surface area contributed by atoms with E-state index in [4.69, 9.17) is 11.6 Å². The Balaban J connectivity index is 1.57. The zero-order chi connectivity index (χ0) is 23.3. The van der Waals surface area contributed by atoms with Crippen molar-refractivity contribution in [2.75, 3.05) is 52.1 Å². The van der Waals surface area contributed by atoms with Crippen LogP contribution in [0.15, 0.2) is 53.4 Å². The fourth-order valence-corrected chi connectivity index (χ4v) is 4.62. The molecule has 10 heteroatoms. The standard InChI is InChI=1S/C22H27ClN4O4S/c1-25(2)32(30,31)20-9-4-8-19(15-20)24-21(28)16-26-10-5-11-27(13-12-26)22(29)17-6-3-7-18(23)14-17/h3-4,6-9,14-15H,5,10-13,16H2,1-2H3,(H,24,28). The van der Waals surface area contributed by atoms with E-state index in [0.717, 1.165) is 10.7 Å². The summed E-state index contributed by atoms with van der Waals surface area (Å²) < 4.78 is 25.7. The maximum absolute atomic E-state index is 12.8. The zero-order valence-electron chi connectivity index (χ0n) is 18.1. The van der Waals surface area contributed by atoms with Gasteiger partial charge in [0.05, 0.1) is 11.4 Å². The number of nitrogens with one attached hydrogen (secondary N) is 1. The van der Waals surface area contributed by atoms with Gasteiger partial charge in [0.25, 0.3) is 5.91 Å². The number of carbonyl (C=O) groups excluding carboxylic acids is 2. The molecule has 3 rings (SSSR count). The van der Waals surface area contributed by atoms with Gasteiger partial charge in [0, 0.05) is 56.5 Å². The van der Waals surface area contributed by atoms with Gasteiger partial charge in [-0.15, -0.1) is 0 Å². The van der Waals surface area contributed by atoms with Crippen LogP contribution in [0, 0.1) is 0 Å². The second kappa shape index (κ2) is 10.4. The third-order valence-electron chi connectivity index (χ3n) is 5.21. The number of sulfonamides is 1. The molecule has 1 fully saturated rings. The van der Waals surface area contributed by atoms with Crippen LogP contribution in [0.4, 0.5) is 5.69 Å². The number of hydrogen-bond donors (Lipinski definition) is 1. The molecular weight excluding hydrogens is 452 g/mol. The molecule has 2 amide bonds. The highest BCUT2D eigenvalue weighted by atomic mass is 35.5. The molecule has 1 saturated heterocycles. The molecule has 1 aliphatic heterocycles. The first-order valence-electron chi connectivity index (χ1n) is 10.3. The SMILES string of the molecule is CN(C)S(=O)(=O)c1cccc(NC(=O)CN2CCCN(C(=O)c3cccc(Cl)c3)CC2)c1. The highest BCUT2D eigenvalue weighted by Gasteiger charge is 2.22. The van der Waals surface area contributed by atoms with E-state index >= 15 is 0 Å². The molecule has 8 nitrogen and oxygen atoms in total. The fraction of sp³-hybridized carbons (Fsp3) is 0.364. The van der Waals surface area contributed by atoms with Crippen molar-refractivity contribution in [3.8, 4) is 0 Å². The van der Waals surface area contributed by atoms with E-state index in [-0.39, 0.29) is 23.3 Å². The monoisotopic (exact) mass is 478 g/mol. The second-order valence-corrected chi connectivity index (χ2v) is 10.4. The second-order valence-electron chi connectivity index (χ2n) is 7.80. The number of hydrogen-bond acceptors (Lipinski definition) is 5. The summed E-state index contributed by atoms with van der Waals surface area (Å²) in [6, 6.07) is 13.1. The van der Waals surface area contributed by atoms with Crippen LogP contribution in [0.25, 0.3) is 0 Å². The van der Waals surface area contributed by atoms with Crippen LogP contribution in [-0.2, 0) is 14.8 Å². The van der Waals surface area contributed by atoms with Crippen LogP contribution >= 0.6 is 11.6 Å². The summed E-state index contributed by atoms with van der Waals surface area (Å²) in [5.74, 6) is -0.309. The van der Waals surface area contributed by atoms with E-state index < -0.39 is 10.0 Å². The van der Waals surface area contributed by atoms with Crippen LogP contribution in [0.3, 0.4) is 0 Å². The maximum atomic E-state index is 12.8. The first-order valence-corrected chi connectivity index (χ1v) is 12.1. The number of benzene rings is 2.